The lowest BCUT2D eigenvalue weighted by Crippen LogP contribution is -2.32. The fourth-order valence-electron chi connectivity index (χ4n) is 11.5. The van der Waals surface area contributed by atoms with E-state index in [2.05, 4.69) is 181 Å². The fourth-order valence-corrected chi connectivity index (χ4v) is 11.5. The first-order valence-electron chi connectivity index (χ1n) is 21.4. The summed E-state index contributed by atoms with van der Waals surface area (Å²) >= 11 is 0. The maximum absolute atomic E-state index is 6.36. The van der Waals surface area contributed by atoms with E-state index in [1.54, 1.807) is 0 Å². The van der Waals surface area contributed by atoms with Gasteiger partial charge in [0.2, 0.25) is 0 Å². The van der Waals surface area contributed by atoms with E-state index >= 15 is 0 Å². The molecule has 1 fully saturated rings. The molecule has 13 rings (SSSR count). The Kier molecular flexibility index (Phi) is 7.04. The zero-order valence-electron chi connectivity index (χ0n) is 32.8. The van der Waals surface area contributed by atoms with Crippen LogP contribution < -0.4 is 4.90 Å². The molecule has 2 nitrogen and oxygen atoms in total. The minimum absolute atomic E-state index is 0.509. The standard InChI is InChI=1S/C57H41NO/c1-2-13-36(14-3-1)39-27-31-50-47(33-39)46-22-10-17-38-18-11-24-51(56(38)46)57(50)49-23-8-6-20-43(49)44-30-28-41(35-52(44)57)58(53-25-12-16-37-15-4-5-19-42(37)53)40-29-32-55-48(34-40)45-21-7-9-26-54(45)59-55/h4-12,15-36H,1-3,13-14H2. The number of para-hydroxylation sites is 1. The van der Waals surface area contributed by atoms with E-state index in [0.717, 1.165) is 39.0 Å². The number of anilines is 3. The summed E-state index contributed by atoms with van der Waals surface area (Å²) in [5, 5.41) is 7.35. The molecule has 1 heterocycles. The summed E-state index contributed by atoms with van der Waals surface area (Å²) in [5.74, 6) is 0.620. The number of fused-ring (bicyclic) bond motifs is 13. The topological polar surface area (TPSA) is 16.4 Å². The second kappa shape index (κ2) is 12.5. The summed E-state index contributed by atoms with van der Waals surface area (Å²) in [6, 6.07) is 68.6. The predicted molar refractivity (Wildman–Crippen MR) is 246 cm³/mol. The highest BCUT2D eigenvalue weighted by Crippen LogP contribution is 2.63. The van der Waals surface area contributed by atoms with Crippen molar-refractivity contribution in [2.24, 2.45) is 0 Å². The molecule has 9 aromatic carbocycles. The van der Waals surface area contributed by atoms with Gasteiger partial charge >= 0.3 is 0 Å². The highest BCUT2D eigenvalue weighted by Gasteiger charge is 2.50. The quantitative estimate of drug-likeness (QED) is 0.178. The Morgan fingerprint density at radius 3 is 2.02 bits per heavy atom. The summed E-state index contributed by atoms with van der Waals surface area (Å²) < 4.78 is 6.36. The van der Waals surface area contributed by atoms with Crippen molar-refractivity contribution < 1.29 is 4.42 Å². The van der Waals surface area contributed by atoms with E-state index < -0.39 is 5.41 Å². The SMILES string of the molecule is c1ccc2c(c1)-c1ccc(N(c3ccc4oc5ccccc5c4c3)c3cccc4ccccc34)cc1C21c2ccc(C3CCCCC3)cc2-c2cccc3cccc1c23. The molecule has 0 amide bonds. The van der Waals surface area contributed by atoms with Gasteiger partial charge in [0, 0.05) is 27.5 Å². The van der Waals surface area contributed by atoms with Crippen molar-refractivity contribution in [1.29, 1.82) is 0 Å². The van der Waals surface area contributed by atoms with Crippen molar-refractivity contribution >= 4 is 60.5 Å². The first-order valence-corrected chi connectivity index (χ1v) is 21.4. The van der Waals surface area contributed by atoms with Gasteiger partial charge in [-0.1, -0.05) is 159 Å². The molecule has 1 saturated carbocycles. The molecule has 1 aromatic heterocycles. The number of furan rings is 1. The molecule has 0 bridgehead atoms. The third-order valence-electron chi connectivity index (χ3n) is 14.0. The van der Waals surface area contributed by atoms with Crippen molar-refractivity contribution in [3.8, 4) is 22.3 Å². The molecule has 3 aliphatic rings. The molecule has 0 saturated heterocycles. The Labute approximate surface area is 344 Å². The van der Waals surface area contributed by atoms with E-state index in [1.807, 2.05) is 6.07 Å². The normalized spacial score (nSPS) is 16.8. The van der Waals surface area contributed by atoms with Gasteiger partial charge in [-0.05, 0) is 127 Å². The average molecular weight is 756 g/mol. The largest absolute Gasteiger partial charge is 0.456 e. The maximum atomic E-state index is 6.36. The molecule has 280 valence electrons. The van der Waals surface area contributed by atoms with Crippen LogP contribution in [0.4, 0.5) is 17.1 Å². The molecule has 1 spiro atoms. The average Bonchev–Trinajstić information content (AvgIpc) is 3.82. The van der Waals surface area contributed by atoms with Crippen LogP contribution in [-0.4, -0.2) is 0 Å². The van der Waals surface area contributed by atoms with Crippen LogP contribution in [-0.2, 0) is 5.41 Å². The number of benzene rings is 9. The van der Waals surface area contributed by atoms with Gasteiger partial charge in [0.1, 0.15) is 11.2 Å². The lowest BCUT2D eigenvalue weighted by atomic mass is 9.61. The zero-order chi connectivity index (χ0) is 38.7. The monoisotopic (exact) mass is 755 g/mol. The van der Waals surface area contributed by atoms with E-state index in [9.17, 15) is 0 Å². The van der Waals surface area contributed by atoms with Gasteiger partial charge in [-0.25, -0.2) is 0 Å². The fraction of sp³-hybridized carbons (Fsp3) is 0.123. The molecule has 10 aromatic rings. The maximum Gasteiger partial charge on any atom is 0.135 e. The Balaban J connectivity index is 1.11. The van der Waals surface area contributed by atoms with Crippen LogP contribution in [0.1, 0.15) is 65.8 Å². The highest BCUT2D eigenvalue weighted by molar-refractivity contribution is 6.09. The van der Waals surface area contributed by atoms with Gasteiger partial charge in [-0.15, -0.1) is 0 Å². The van der Waals surface area contributed by atoms with Crippen molar-refractivity contribution in [3.63, 3.8) is 0 Å². The Hall–Kier alpha value is -6.90. The second-order valence-corrected chi connectivity index (χ2v) is 17.0. The number of rotatable bonds is 4. The van der Waals surface area contributed by atoms with E-state index in [0.29, 0.717) is 5.92 Å². The van der Waals surface area contributed by atoms with Gasteiger partial charge in [-0.2, -0.15) is 0 Å². The number of hydrogen-bond acceptors (Lipinski definition) is 2. The van der Waals surface area contributed by atoms with Gasteiger partial charge in [0.15, 0.2) is 0 Å². The van der Waals surface area contributed by atoms with E-state index in [1.165, 1.54) is 104 Å². The Bertz CT molecular complexity index is 3330. The van der Waals surface area contributed by atoms with Crippen LogP contribution in [0.2, 0.25) is 0 Å². The molecule has 0 radical (unpaired) electrons. The summed E-state index contributed by atoms with van der Waals surface area (Å²) in [6.45, 7) is 0. The van der Waals surface area contributed by atoms with Crippen molar-refractivity contribution in [2.75, 3.05) is 4.90 Å². The van der Waals surface area contributed by atoms with E-state index in [-0.39, 0.29) is 0 Å². The highest BCUT2D eigenvalue weighted by atomic mass is 16.3. The molecule has 0 N–H and O–H groups in total. The first-order chi connectivity index (χ1) is 29.3. The number of nitrogens with zero attached hydrogens (tertiary/aromatic N) is 1. The predicted octanol–water partition coefficient (Wildman–Crippen LogP) is 15.8. The lowest BCUT2D eigenvalue weighted by Gasteiger charge is -2.41. The molecule has 59 heavy (non-hydrogen) atoms. The van der Waals surface area contributed by atoms with Gasteiger partial charge in [-0.3, -0.25) is 0 Å². The Morgan fingerprint density at radius 2 is 1.08 bits per heavy atom. The minimum atomic E-state index is -0.509. The summed E-state index contributed by atoms with van der Waals surface area (Å²) in [7, 11) is 0. The van der Waals surface area contributed by atoms with Crippen LogP contribution >= 0.6 is 0 Å². The number of hydrogen-bond donors (Lipinski definition) is 0. The molecular formula is C57H41NO. The molecule has 0 aliphatic heterocycles. The minimum Gasteiger partial charge on any atom is -0.456 e. The third-order valence-corrected chi connectivity index (χ3v) is 14.0. The summed E-state index contributed by atoms with van der Waals surface area (Å²) in [5.41, 5.74) is 17.0. The van der Waals surface area contributed by atoms with Crippen LogP contribution in [0.15, 0.2) is 186 Å². The molecule has 1 atom stereocenters. The van der Waals surface area contributed by atoms with Gasteiger partial charge < -0.3 is 9.32 Å². The van der Waals surface area contributed by atoms with Gasteiger partial charge in [0.25, 0.3) is 0 Å². The Morgan fingerprint density at radius 1 is 0.424 bits per heavy atom. The van der Waals surface area contributed by atoms with Crippen molar-refractivity contribution in [2.45, 2.75) is 43.4 Å². The van der Waals surface area contributed by atoms with E-state index in [4.69, 9.17) is 4.42 Å². The molecule has 3 aliphatic carbocycles. The summed E-state index contributed by atoms with van der Waals surface area (Å²) in [6.07, 6.45) is 6.57. The van der Waals surface area contributed by atoms with Gasteiger partial charge in [0.05, 0.1) is 11.1 Å². The smallest absolute Gasteiger partial charge is 0.135 e. The lowest BCUT2D eigenvalue weighted by molar-refractivity contribution is 0.443. The molecular weight excluding hydrogens is 715 g/mol. The van der Waals surface area contributed by atoms with Crippen LogP contribution in [0.3, 0.4) is 0 Å². The van der Waals surface area contributed by atoms with Crippen molar-refractivity contribution in [1.82, 2.24) is 0 Å². The zero-order valence-corrected chi connectivity index (χ0v) is 32.8. The van der Waals surface area contributed by atoms with Crippen LogP contribution in [0.5, 0.6) is 0 Å². The first kappa shape index (κ1) is 33.1. The van der Waals surface area contributed by atoms with Crippen molar-refractivity contribution in [3.05, 3.63) is 210 Å². The van der Waals surface area contributed by atoms with Crippen LogP contribution in [0.25, 0.3) is 65.7 Å². The second-order valence-electron chi connectivity index (χ2n) is 17.0. The molecule has 2 heteroatoms. The van der Waals surface area contributed by atoms with Crippen LogP contribution in [0, 0.1) is 0 Å². The summed E-state index contributed by atoms with van der Waals surface area (Å²) in [4.78, 5) is 2.48. The third kappa shape index (κ3) is 4.63. The molecule has 1 unspecified atom stereocenters.